The number of nitrogens with one attached hydrogen (secondary N) is 1. The molecule has 0 saturated carbocycles. The van der Waals surface area contributed by atoms with Crippen molar-refractivity contribution in [2.24, 2.45) is 0 Å². The number of aromatic nitrogens is 1. The summed E-state index contributed by atoms with van der Waals surface area (Å²) < 4.78 is 14.8. The largest absolute Gasteiger partial charge is 0.337 e. The van der Waals surface area contributed by atoms with Crippen LogP contribution >= 0.6 is 11.6 Å². The van der Waals surface area contributed by atoms with Crippen molar-refractivity contribution in [2.75, 3.05) is 5.32 Å². The lowest BCUT2D eigenvalue weighted by Gasteiger charge is -2.14. The normalized spacial score (nSPS) is 10.8. The van der Waals surface area contributed by atoms with Crippen LogP contribution in [0.15, 0.2) is 77.7 Å². The first kappa shape index (κ1) is 21.5. The molecule has 1 aromatic heterocycles. The van der Waals surface area contributed by atoms with Gasteiger partial charge in [0.1, 0.15) is 12.4 Å². The van der Waals surface area contributed by atoms with Gasteiger partial charge >= 0.3 is 0 Å². The molecular weight excluding hydrogens is 431 g/mol. The number of pyridine rings is 1. The molecule has 5 nitrogen and oxygen atoms in total. The van der Waals surface area contributed by atoms with Crippen LogP contribution in [-0.4, -0.2) is 16.3 Å². The van der Waals surface area contributed by atoms with Gasteiger partial charge in [0.05, 0.1) is 11.1 Å². The second-order valence-corrected chi connectivity index (χ2v) is 7.85. The molecule has 0 radical (unpaired) electrons. The maximum atomic E-state index is 13.3. The van der Waals surface area contributed by atoms with Gasteiger partial charge in [0.25, 0.3) is 0 Å². The molecule has 0 aliphatic carbocycles. The number of benzene rings is 3. The van der Waals surface area contributed by atoms with E-state index in [-0.39, 0.29) is 29.0 Å². The Hall–Kier alpha value is -3.77. The van der Waals surface area contributed by atoms with Crippen molar-refractivity contribution in [3.05, 3.63) is 111 Å². The zero-order valence-corrected chi connectivity index (χ0v) is 17.8. The van der Waals surface area contributed by atoms with Gasteiger partial charge in [0.15, 0.2) is 5.78 Å². The first-order chi connectivity index (χ1) is 15.3. The number of hydrogen-bond donors (Lipinski definition) is 1. The van der Waals surface area contributed by atoms with E-state index >= 15 is 0 Å². The van der Waals surface area contributed by atoms with Crippen LogP contribution in [0.2, 0.25) is 5.02 Å². The highest BCUT2D eigenvalue weighted by Crippen LogP contribution is 2.19. The number of fused-ring (bicyclic) bond motifs is 1. The molecule has 4 aromatic rings. The fourth-order valence-corrected chi connectivity index (χ4v) is 3.58. The Morgan fingerprint density at radius 3 is 2.38 bits per heavy atom. The van der Waals surface area contributed by atoms with Crippen LogP contribution in [-0.2, 0) is 11.3 Å². The summed E-state index contributed by atoms with van der Waals surface area (Å²) in [5.74, 6) is -1.38. The fraction of sp³-hybridized carbons (Fsp3) is 0.0800. The monoisotopic (exact) mass is 448 g/mol. The van der Waals surface area contributed by atoms with Gasteiger partial charge < -0.3 is 9.88 Å². The number of carbonyl (C=O) groups excluding carboxylic acids is 2. The number of aryl methyl sites for hydroxylation is 1. The van der Waals surface area contributed by atoms with Crippen LogP contribution in [0.5, 0.6) is 0 Å². The van der Waals surface area contributed by atoms with Crippen molar-refractivity contribution in [3.8, 4) is 0 Å². The third-order valence-corrected chi connectivity index (χ3v) is 5.28. The van der Waals surface area contributed by atoms with Crippen molar-refractivity contribution in [1.29, 1.82) is 0 Å². The molecule has 0 spiro atoms. The molecule has 4 rings (SSSR count). The molecule has 1 heterocycles. The van der Waals surface area contributed by atoms with E-state index in [1.165, 1.54) is 29.0 Å². The lowest BCUT2D eigenvalue weighted by atomic mass is 10.0. The van der Waals surface area contributed by atoms with Gasteiger partial charge in [0, 0.05) is 27.9 Å². The minimum Gasteiger partial charge on any atom is -0.337 e. The third kappa shape index (κ3) is 4.45. The number of ketones is 1. The number of halogens is 2. The Bertz CT molecular complexity index is 1390. The van der Waals surface area contributed by atoms with E-state index in [9.17, 15) is 18.8 Å². The Labute approximate surface area is 188 Å². The third-order valence-electron chi connectivity index (χ3n) is 5.04. The second kappa shape index (κ2) is 8.77. The SMILES string of the molecule is Cc1ccc(NC(=O)Cn2cc(C(=O)c3ccc(F)cc3)c(=O)c3cc(Cl)ccc32)cc1. The molecule has 0 aliphatic rings. The molecule has 0 aliphatic heterocycles. The predicted molar refractivity (Wildman–Crippen MR) is 123 cm³/mol. The highest BCUT2D eigenvalue weighted by molar-refractivity contribution is 6.31. The van der Waals surface area contributed by atoms with E-state index in [0.29, 0.717) is 16.2 Å². The number of anilines is 1. The molecule has 32 heavy (non-hydrogen) atoms. The topological polar surface area (TPSA) is 68.2 Å². The standard InChI is InChI=1S/C25H18ClFN2O3/c1-15-2-9-19(10-3-15)28-23(30)14-29-13-21(24(31)16-4-7-18(27)8-5-16)25(32)20-12-17(26)6-11-22(20)29/h2-13H,14H2,1H3,(H,28,30). The summed E-state index contributed by atoms with van der Waals surface area (Å²) in [4.78, 5) is 38.7. The van der Waals surface area contributed by atoms with Gasteiger partial charge in [0.2, 0.25) is 11.3 Å². The second-order valence-electron chi connectivity index (χ2n) is 7.41. The van der Waals surface area contributed by atoms with Crippen molar-refractivity contribution < 1.29 is 14.0 Å². The van der Waals surface area contributed by atoms with Crippen LogP contribution in [0.25, 0.3) is 10.9 Å². The first-order valence-corrected chi connectivity index (χ1v) is 10.2. The van der Waals surface area contributed by atoms with Crippen LogP contribution in [0.4, 0.5) is 10.1 Å². The zero-order valence-electron chi connectivity index (χ0n) is 17.1. The quantitative estimate of drug-likeness (QED) is 0.438. The maximum Gasteiger partial charge on any atom is 0.244 e. The molecule has 160 valence electrons. The lowest BCUT2D eigenvalue weighted by molar-refractivity contribution is -0.116. The number of hydrogen-bond acceptors (Lipinski definition) is 3. The molecule has 0 atom stereocenters. The fourth-order valence-electron chi connectivity index (χ4n) is 3.41. The Balaban J connectivity index is 1.75. The van der Waals surface area contributed by atoms with E-state index < -0.39 is 17.0 Å². The van der Waals surface area contributed by atoms with E-state index in [2.05, 4.69) is 5.32 Å². The highest BCUT2D eigenvalue weighted by atomic mass is 35.5. The van der Waals surface area contributed by atoms with E-state index in [0.717, 1.165) is 17.7 Å². The zero-order chi connectivity index (χ0) is 22.8. The van der Waals surface area contributed by atoms with Crippen molar-refractivity contribution in [2.45, 2.75) is 13.5 Å². The highest BCUT2D eigenvalue weighted by Gasteiger charge is 2.18. The number of rotatable bonds is 5. The first-order valence-electron chi connectivity index (χ1n) is 9.81. The molecule has 0 bridgehead atoms. The number of amides is 1. The van der Waals surface area contributed by atoms with E-state index in [1.807, 2.05) is 19.1 Å². The van der Waals surface area contributed by atoms with Crippen molar-refractivity contribution in [1.82, 2.24) is 4.57 Å². The van der Waals surface area contributed by atoms with Crippen LogP contribution < -0.4 is 10.7 Å². The molecule has 7 heteroatoms. The molecule has 1 amide bonds. The van der Waals surface area contributed by atoms with Gasteiger partial charge in [-0.25, -0.2) is 4.39 Å². The minimum absolute atomic E-state index is 0.129. The Morgan fingerprint density at radius 1 is 1.00 bits per heavy atom. The Kier molecular flexibility index (Phi) is 5.88. The van der Waals surface area contributed by atoms with E-state index in [1.54, 1.807) is 24.3 Å². The molecular formula is C25H18ClFN2O3. The lowest BCUT2D eigenvalue weighted by Crippen LogP contribution is -2.24. The molecule has 3 aromatic carbocycles. The molecule has 1 N–H and O–H groups in total. The summed E-state index contributed by atoms with van der Waals surface area (Å²) >= 11 is 6.08. The minimum atomic E-state index is -0.565. The van der Waals surface area contributed by atoms with Crippen LogP contribution in [0, 0.1) is 12.7 Å². The Morgan fingerprint density at radius 2 is 1.69 bits per heavy atom. The summed E-state index contributed by atoms with van der Waals surface area (Å²) in [5, 5.41) is 3.35. The van der Waals surface area contributed by atoms with E-state index in [4.69, 9.17) is 11.6 Å². The molecule has 0 saturated heterocycles. The van der Waals surface area contributed by atoms with Gasteiger partial charge in [-0.15, -0.1) is 0 Å². The number of carbonyl (C=O) groups is 2. The molecule has 0 fully saturated rings. The van der Waals surface area contributed by atoms with Gasteiger partial charge in [-0.05, 0) is 61.5 Å². The smallest absolute Gasteiger partial charge is 0.244 e. The summed E-state index contributed by atoms with van der Waals surface area (Å²) in [5.41, 5.74) is 1.70. The van der Waals surface area contributed by atoms with Gasteiger partial charge in [-0.1, -0.05) is 29.3 Å². The average molecular weight is 449 g/mol. The van der Waals surface area contributed by atoms with Crippen molar-refractivity contribution in [3.63, 3.8) is 0 Å². The molecule has 0 unspecified atom stereocenters. The van der Waals surface area contributed by atoms with Gasteiger partial charge in [-0.3, -0.25) is 14.4 Å². The van der Waals surface area contributed by atoms with Crippen LogP contribution in [0.3, 0.4) is 0 Å². The summed E-state index contributed by atoms with van der Waals surface area (Å²) in [6.07, 6.45) is 1.36. The van der Waals surface area contributed by atoms with Crippen LogP contribution in [0.1, 0.15) is 21.5 Å². The number of nitrogens with zero attached hydrogens (tertiary/aromatic N) is 1. The maximum absolute atomic E-state index is 13.3. The van der Waals surface area contributed by atoms with Crippen molar-refractivity contribution >= 4 is 39.9 Å². The average Bonchev–Trinajstić information content (AvgIpc) is 2.77. The summed E-state index contributed by atoms with van der Waals surface area (Å²) in [6, 6.07) is 17.0. The van der Waals surface area contributed by atoms with Gasteiger partial charge in [-0.2, -0.15) is 0 Å². The summed E-state index contributed by atoms with van der Waals surface area (Å²) in [7, 11) is 0. The summed E-state index contributed by atoms with van der Waals surface area (Å²) in [6.45, 7) is 1.82. The predicted octanol–water partition coefficient (Wildman–Crippen LogP) is 4.97.